The van der Waals surface area contributed by atoms with Crippen LogP contribution in [0.25, 0.3) is 22.3 Å². The number of benzene rings is 2. The van der Waals surface area contributed by atoms with E-state index in [2.05, 4.69) is 20.8 Å². The standard InChI is InChI=1S/C22H21ClO5/c1-12-9-17-15(10-16(12)23)19(26)21(27-11-18(24)25)20(28-17)13-5-7-14(8-6-13)22(2,3)4/h5-10H,11H2,1-4H3,(H,24,25)/p-1. The molecule has 0 amide bonds. The minimum Gasteiger partial charge on any atom is -0.546 e. The summed E-state index contributed by atoms with van der Waals surface area (Å²) in [7, 11) is 0. The fourth-order valence-electron chi connectivity index (χ4n) is 2.87. The number of rotatable bonds is 4. The number of fused-ring (bicyclic) bond motifs is 1. The van der Waals surface area contributed by atoms with Crippen LogP contribution in [-0.2, 0) is 10.2 Å². The van der Waals surface area contributed by atoms with Gasteiger partial charge in [0.25, 0.3) is 0 Å². The summed E-state index contributed by atoms with van der Waals surface area (Å²) in [5.74, 6) is -1.45. The highest BCUT2D eigenvalue weighted by Crippen LogP contribution is 2.34. The van der Waals surface area contributed by atoms with Gasteiger partial charge in [0.1, 0.15) is 12.2 Å². The molecule has 28 heavy (non-hydrogen) atoms. The molecule has 3 aromatic rings. The Labute approximate surface area is 167 Å². The van der Waals surface area contributed by atoms with Gasteiger partial charge in [-0.25, -0.2) is 0 Å². The molecule has 0 aliphatic carbocycles. The summed E-state index contributed by atoms with van der Waals surface area (Å²) in [5.41, 5.74) is 2.30. The number of carboxylic acid groups (broad SMARTS) is 1. The van der Waals surface area contributed by atoms with Gasteiger partial charge < -0.3 is 19.1 Å². The minimum absolute atomic E-state index is 0.0368. The summed E-state index contributed by atoms with van der Waals surface area (Å²) in [6.07, 6.45) is 0. The molecule has 6 heteroatoms. The summed E-state index contributed by atoms with van der Waals surface area (Å²) in [6.45, 7) is 7.33. The molecular weight excluding hydrogens is 380 g/mol. The fourth-order valence-corrected chi connectivity index (χ4v) is 3.04. The lowest BCUT2D eigenvalue weighted by Crippen LogP contribution is -2.30. The van der Waals surface area contributed by atoms with Crippen molar-refractivity contribution >= 4 is 28.5 Å². The summed E-state index contributed by atoms with van der Waals surface area (Å²) < 4.78 is 11.2. The highest BCUT2D eigenvalue weighted by Gasteiger charge is 2.20. The van der Waals surface area contributed by atoms with Crippen LogP contribution in [0.1, 0.15) is 31.9 Å². The molecular formula is C22H20ClO5-. The second-order valence-corrected chi connectivity index (χ2v) is 8.08. The predicted octanol–water partition coefficient (Wildman–Crippen LogP) is 3.85. The molecule has 0 radical (unpaired) electrons. The number of carboxylic acids is 1. The zero-order valence-electron chi connectivity index (χ0n) is 16.1. The molecule has 0 saturated heterocycles. The van der Waals surface area contributed by atoms with E-state index in [1.807, 2.05) is 24.3 Å². The third-order valence-corrected chi connectivity index (χ3v) is 4.88. The van der Waals surface area contributed by atoms with Gasteiger partial charge in [-0.05, 0) is 35.6 Å². The Bertz CT molecular complexity index is 1100. The topological polar surface area (TPSA) is 79.6 Å². The van der Waals surface area contributed by atoms with E-state index < -0.39 is 18.0 Å². The van der Waals surface area contributed by atoms with Crippen LogP contribution in [0.3, 0.4) is 0 Å². The molecule has 5 nitrogen and oxygen atoms in total. The monoisotopic (exact) mass is 399 g/mol. The van der Waals surface area contributed by atoms with E-state index in [9.17, 15) is 14.7 Å². The van der Waals surface area contributed by atoms with Gasteiger partial charge in [0.15, 0.2) is 5.76 Å². The van der Waals surface area contributed by atoms with Crippen molar-refractivity contribution in [2.75, 3.05) is 6.61 Å². The maximum atomic E-state index is 13.0. The molecule has 1 heterocycles. The molecule has 0 atom stereocenters. The molecule has 2 aromatic carbocycles. The highest BCUT2D eigenvalue weighted by atomic mass is 35.5. The molecule has 0 aliphatic heterocycles. The quantitative estimate of drug-likeness (QED) is 0.665. The first-order valence-electron chi connectivity index (χ1n) is 8.78. The predicted molar refractivity (Wildman–Crippen MR) is 107 cm³/mol. The zero-order valence-corrected chi connectivity index (χ0v) is 16.8. The average Bonchev–Trinajstić information content (AvgIpc) is 2.62. The van der Waals surface area contributed by atoms with Crippen molar-refractivity contribution in [3.8, 4) is 17.1 Å². The van der Waals surface area contributed by atoms with Crippen LogP contribution in [0.4, 0.5) is 0 Å². The molecule has 0 saturated carbocycles. The number of hydrogen-bond donors (Lipinski definition) is 0. The number of hydrogen-bond acceptors (Lipinski definition) is 5. The van der Waals surface area contributed by atoms with Gasteiger partial charge in [0.2, 0.25) is 11.2 Å². The number of halogens is 1. The second kappa shape index (κ2) is 7.32. The van der Waals surface area contributed by atoms with E-state index in [4.69, 9.17) is 20.8 Å². The molecule has 0 aliphatic rings. The first-order valence-corrected chi connectivity index (χ1v) is 9.16. The van der Waals surface area contributed by atoms with Crippen LogP contribution >= 0.6 is 11.6 Å². The molecule has 0 unspecified atom stereocenters. The number of aryl methyl sites for hydroxylation is 1. The summed E-state index contributed by atoms with van der Waals surface area (Å²) in [6, 6.07) is 10.7. The van der Waals surface area contributed by atoms with Gasteiger partial charge in [-0.15, -0.1) is 0 Å². The van der Waals surface area contributed by atoms with E-state index in [0.29, 0.717) is 16.2 Å². The normalized spacial score (nSPS) is 11.6. The van der Waals surface area contributed by atoms with Crippen LogP contribution in [0.15, 0.2) is 45.6 Å². The Morgan fingerprint density at radius 3 is 2.39 bits per heavy atom. The zero-order chi connectivity index (χ0) is 20.6. The first-order chi connectivity index (χ1) is 13.1. The SMILES string of the molecule is Cc1cc2oc(-c3ccc(C(C)(C)C)cc3)c(OCC(=O)[O-])c(=O)c2cc1Cl. The van der Waals surface area contributed by atoms with Crippen LogP contribution < -0.4 is 15.3 Å². The van der Waals surface area contributed by atoms with Gasteiger partial charge in [0.05, 0.1) is 11.4 Å². The lowest BCUT2D eigenvalue weighted by Gasteiger charge is -2.19. The lowest BCUT2D eigenvalue weighted by molar-refractivity contribution is -0.307. The average molecular weight is 400 g/mol. The van der Waals surface area contributed by atoms with E-state index in [0.717, 1.165) is 11.1 Å². The second-order valence-electron chi connectivity index (χ2n) is 7.68. The number of carbonyl (C=O) groups excluding carboxylic acids is 1. The van der Waals surface area contributed by atoms with Gasteiger partial charge in [-0.2, -0.15) is 0 Å². The van der Waals surface area contributed by atoms with Crippen molar-refractivity contribution in [2.24, 2.45) is 0 Å². The Hall–Kier alpha value is -2.79. The Balaban J connectivity index is 2.24. The van der Waals surface area contributed by atoms with Crippen molar-refractivity contribution < 1.29 is 19.1 Å². The van der Waals surface area contributed by atoms with Crippen LogP contribution in [0, 0.1) is 6.92 Å². The fraction of sp³-hybridized carbons (Fsp3) is 0.273. The van der Waals surface area contributed by atoms with Gasteiger partial charge in [-0.3, -0.25) is 4.79 Å². The van der Waals surface area contributed by atoms with Gasteiger partial charge in [-0.1, -0.05) is 56.6 Å². The van der Waals surface area contributed by atoms with Crippen LogP contribution in [0.5, 0.6) is 5.75 Å². The minimum atomic E-state index is -1.43. The highest BCUT2D eigenvalue weighted by molar-refractivity contribution is 6.32. The van der Waals surface area contributed by atoms with Crippen molar-refractivity contribution in [2.45, 2.75) is 33.1 Å². The maximum Gasteiger partial charge on any atom is 0.235 e. The van der Waals surface area contributed by atoms with E-state index in [-0.39, 0.29) is 22.3 Å². The maximum absolute atomic E-state index is 13.0. The van der Waals surface area contributed by atoms with Crippen molar-refractivity contribution in [3.05, 3.63) is 62.8 Å². The molecule has 3 rings (SSSR count). The Kier molecular flexibility index (Phi) is 5.22. The smallest absolute Gasteiger partial charge is 0.235 e. The van der Waals surface area contributed by atoms with Gasteiger partial charge >= 0.3 is 0 Å². The van der Waals surface area contributed by atoms with Gasteiger partial charge in [0, 0.05) is 10.6 Å². The number of ether oxygens (including phenoxy) is 1. The molecule has 0 spiro atoms. The molecule has 0 N–H and O–H groups in total. The van der Waals surface area contributed by atoms with E-state index in [1.165, 1.54) is 6.07 Å². The third kappa shape index (κ3) is 3.90. The summed E-state index contributed by atoms with van der Waals surface area (Å²) in [4.78, 5) is 23.8. The van der Waals surface area contributed by atoms with Crippen LogP contribution in [-0.4, -0.2) is 12.6 Å². The Morgan fingerprint density at radius 2 is 1.82 bits per heavy atom. The summed E-state index contributed by atoms with van der Waals surface area (Å²) >= 11 is 6.13. The Morgan fingerprint density at radius 1 is 1.18 bits per heavy atom. The van der Waals surface area contributed by atoms with Crippen molar-refractivity contribution in [1.82, 2.24) is 0 Å². The number of carbonyl (C=O) groups is 1. The molecule has 0 fully saturated rings. The lowest BCUT2D eigenvalue weighted by atomic mass is 9.86. The van der Waals surface area contributed by atoms with E-state index in [1.54, 1.807) is 13.0 Å². The van der Waals surface area contributed by atoms with E-state index >= 15 is 0 Å². The largest absolute Gasteiger partial charge is 0.546 e. The number of aliphatic carboxylic acids is 1. The van der Waals surface area contributed by atoms with Crippen molar-refractivity contribution in [1.29, 1.82) is 0 Å². The molecule has 0 bridgehead atoms. The third-order valence-electron chi connectivity index (χ3n) is 4.48. The molecule has 146 valence electrons. The van der Waals surface area contributed by atoms with Crippen molar-refractivity contribution in [3.63, 3.8) is 0 Å². The first kappa shape index (κ1) is 20.0. The van der Waals surface area contributed by atoms with Crippen LogP contribution in [0.2, 0.25) is 5.02 Å². The summed E-state index contributed by atoms with van der Waals surface area (Å²) in [5, 5.41) is 11.5. The molecule has 1 aromatic heterocycles.